The summed E-state index contributed by atoms with van der Waals surface area (Å²) in [6, 6.07) is 0. The van der Waals surface area contributed by atoms with Gasteiger partial charge in [0.2, 0.25) is 0 Å². The molecule has 1 heteroatoms. The SMILES string of the molecule is O[C@@H]1[C@H]2C[C@@H]3[C@H]4[C@@H]5CC[C@@H]([C@H]24)[C@@H]5[C@@H]13. The van der Waals surface area contributed by atoms with Crippen LogP contribution in [0, 0.1) is 47.3 Å². The highest BCUT2D eigenvalue weighted by molar-refractivity contribution is 5.25. The van der Waals surface area contributed by atoms with E-state index in [1.807, 2.05) is 0 Å². The van der Waals surface area contributed by atoms with E-state index in [0.29, 0.717) is 0 Å². The minimum absolute atomic E-state index is 0.135. The first-order valence-corrected chi connectivity index (χ1v) is 6.06. The fourth-order valence-corrected chi connectivity index (χ4v) is 6.79. The van der Waals surface area contributed by atoms with Crippen LogP contribution in [0.2, 0.25) is 0 Å². The first kappa shape index (κ1) is 6.44. The van der Waals surface area contributed by atoms with E-state index in [0.717, 1.165) is 47.3 Å². The Balaban J connectivity index is 1.80. The Morgan fingerprint density at radius 3 is 2.08 bits per heavy atom. The van der Waals surface area contributed by atoms with E-state index in [-0.39, 0.29) is 6.10 Å². The average Bonchev–Trinajstić information content (AvgIpc) is 2.77. The van der Waals surface area contributed by atoms with Crippen LogP contribution in [0.3, 0.4) is 0 Å². The molecule has 1 nitrogen and oxygen atoms in total. The van der Waals surface area contributed by atoms with E-state index in [9.17, 15) is 5.11 Å². The monoisotopic (exact) mass is 176 g/mol. The molecule has 5 saturated carbocycles. The van der Waals surface area contributed by atoms with E-state index in [4.69, 9.17) is 0 Å². The quantitative estimate of drug-likeness (QED) is 0.593. The summed E-state index contributed by atoms with van der Waals surface area (Å²) in [6.45, 7) is 0. The van der Waals surface area contributed by atoms with Crippen molar-refractivity contribution < 1.29 is 5.11 Å². The van der Waals surface area contributed by atoms with Crippen molar-refractivity contribution in [3.05, 3.63) is 0 Å². The molecule has 1 N–H and O–H groups in total. The Kier molecular flexibility index (Phi) is 0.793. The molecule has 9 atom stereocenters. The van der Waals surface area contributed by atoms with Crippen LogP contribution >= 0.6 is 0 Å². The molecule has 0 aromatic carbocycles. The Morgan fingerprint density at radius 1 is 0.692 bits per heavy atom. The van der Waals surface area contributed by atoms with Gasteiger partial charge < -0.3 is 5.11 Å². The maximum atomic E-state index is 10.2. The summed E-state index contributed by atoms with van der Waals surface area (Å²) in [5.74, 6) is 7.75. The van der Waals surface area contributed by atoms with E-state index < -0.39 is 0 Å². The van der Waals surface area contributed by atoms with Gasteiger partial charge in [-0.25, -0.2) is 0 Å². The number of aliphatic hydroxyl groups is 1. The van der Waals surface area contributed by atoms with Crippen LogP contribution in [0.1, 0.15) is 19.3 Å². The van der Waals surface area contributed by atoms with E-state index in [1.165, 1.54) is 19.3 Å². The number of fused-ring (bicyclic) bond motifs is 3. The molecule has 6 bridgehead atoms. The fraction of sp³-hybridized carbons (Fsp3) is 1.00. The molecule has 5 rings (SSSR count). The lowest BCUT2D eigenvalue weighted by Crippen LogP contribution is -2.45. The molecule has 5 fully saturated rings. The standard InChI is InChI=1S/C12H16O/c13-12-7-3-6-9-4-1-2-5(10(7)9)8(4)11(6)12/h4-13H,1-3H2/t4-,5-,6-,7+,8-,9-,10-,11+,12-/m1/s1. The van der Waals surface area contributed by atoms with Crippen LogP contribution in [0.4, 0.5) is 0 Å². The van der Waals surface area contributed by atoms with Gasteiger partial charge in [0.25, 0.3) is 0 Å². The minimum atomic E-state index is 0.135. The van der Waals surface area contributed by atoms with Crippen molar-refractivity contribution in [3.8, 4) is 0 Å². The molecular weight excluding hydrogens is 160 g/mol. The normalized spacial score (nSPS) is 80.5. The second-order valence-electron chi connectivity index (χ2n) is 6.27. The maximum Gasteiger partial charge on any atom is 0.0605 e. The second kappa shape index (κ2) is 1.60. The van der Waals surface area contributed by atoms with Gasteiger partial charge in [0, 0.05) is 0 Å². The third-order valence-electron chi connectivity index (χ3n) is 6.56. The van der Waals surface area contributed by atoms with E-state index in [1.54, 1.807) is 0 Å². The molecule has 0 amide bonds. The summed E-state index contributed by atoms with van der Waals surface area (Å²) in [4.78, 5) is 0. The summed E-state index contributed by atoms with van der Waals surface area (Å²) in [7, 11) is 0. The van der Waals surface area contributed by atoms with Crippen LogP contribution < -0.4 is 0 Å². The fourth-order valence-electron chi connectivity index (χ4n) is 6.79. The lowest BCUT2D eigenvalue weighted by molar-refractivity contribution is -0.0519. The van der Waals surface area contributed by atoms with Gasteiger partial charge in [0.15, 0.2) is 0 Å². The van der Waals surface area contributed by atoms with Crippen molar-refractivity contribution in [3.63, 3.8) is 0 Å². The Morgan fingerprint density at radius 2 is 1.31 bits per heavy atom. The average molecular weight is 176 g/mol. The van der Waals surface area contributed by atoms with Crippen molar-refractivity contribution in [1.82, 2.24) is 0 Å². The predicted molar refractivity (Wildman–Crippen MR) is 47.8 cm³/mol. The summed E-state index contributed by atoms with van der Waals surface area (Å²) in [5.41, 5.74) is 0. The molecular formula is C12H16O. The summed E-state index contributed by atoms with van der Waals surface area (Å²) >= 11 is 0. The highest BCUT2D eigenvalue weighted by Gasteiger charge is 2.77. The first-order valence-electron chi connectivity index (χ1n) is 6.06. The molecule has 0 aromatic heterocycles. The highest BCUT2D eigenvalue weighted by Crippen LogP contribution is 2.80. The van der Waals surface area contributed by atoms with Gasteiger partial charge in [-0.3, -0.25) is 0 Å². The molecule has 0 aliphatic heterocycles. The first-order chi connectivity index (χ1) is 6.38. The van der Waals surface area contributed by atoms with E-state index >= 15 is 0 Å². The lowest BCUT2D eigenvalue weighted by atomic mass is 9.62. The molecule has 5 aliphatic rings. The van der Waals surface area contributed by atoms with Crippen LogP contribution in [-0.2, 0) is 0 Å². The molecule has 0 saturated heterocycles. The zero-order valence-corrected chi connectivity index (χ0v) is 7.76. The zero-order valence-electron chi connectivity index (χ0n) is 7.76. The van der Waals surface area contributed by atoms with E-state index in [2.05, 4.69) is 0 Å². The van der Waals surface area contributed by atoms with Crippen molar-refractivity contribution in [2.75, 3.05) is 0 Å². The van der Waals surface area contributed by atoms with Crippen LogP contribution in [-0.4, -0.2) is 11.2 Å². The topological polar surface area (TPSA) is 20.2 Å². The molecule has 13 heavy (non-hydrogen) atoms. The maximum absolute atomic E-state index is 10.2. The Hall–Kier alpha value is -0.0400. The third-order valence-corrected chi connectivity index (χ3v) is 6.56. The van der Waals surface area contributed by atoms with Crippen LogP contribution in [0.25, 0.3) is 0 Å². The smallest absolute Gasteiger partial charge is 0.0605 e. The number of rotatable bonds is 0. The van der Waals surface area contributed by atoms with Gasteiger partial charge in [-0.05, 0) is 66.6 Å². The van der Waals surface area contributed by atoms with Crippen molar-refractivity contribution in [1.29, 1.82) is 0 Å². The van der Waals surface area contributed by atoms with Gasteiger partial charge >= 0.3 is 0 Å². The molecule has 0 spiro atoms. The van der Waals surface area contributed by atoms with Crippen molar-refractivity contribution in [2.24, 2.45) is 47.3 Å². The van der Waals surface area contributed by atoms with Gasteiger partial charge in [-0.15, -0.1) is 0 Å². The number of aliphatic hydroxyl groups excluding tert-OH is 1. The second-order valence-corrected chi connectivity index (χ2v) is 6.27. The number of hydrogen-bond acceptors (Lipinski definition) is 1. The van der Waals surface area contributed by atoms with Gasteiger partial charge in [0.1, 0.15) is 0 Å². The zero-order chi connectivity index (χ0) is 8.32. The van der Waals surface area contributed by atoms with Gasteiger partial charge in [0.05, 0.1) is 6.10 Å². The number of hydrogen-bond donors (Lipinski definition) is 1. The molecule has 5 aliphatic carbocycles. The summed E-state index contributed by atoms with van der Waals surface area (Å²) < 4.78 is 0. The van der Waals surface area contributed by atoms with Crippen molar-refractivity contribution >= 4 is 0 Å². The summed E-state index contributed by atoms with van der Waals surface area (Å²) in [6.07, 6.45) is 4.58. The molecule has 0 unspecified atom stereocenters. The van der Waals surface area contributed by atoms with Crippen molar-refractivity contribution in [2.45, 2.75) is 25.4 Å². The van der Waals surface area contributed by atoms with Gasteiger partial charge in [-0.2, -0.15) is 0 Å². The molecule has 0 heterocycles. The van der Waals surface area contributed by atoms with Crippen LogP contribution in [0.15, 0.2) is 0 Å². The highest BCUT2D eigenvalue weighted by atomic mass is 16.3. The minimum Gasteiger partial charge on any atom is -0.393 e. The Bertz CT molecular complexity index is 278. The predicted octanol–water partition coefficient (Wildman–Crippen LogP) is 1.52. The van der Waals surface area contributed by atoms with Gasteiger partial charge in [-0.1, -0.05) is 0 Å². The molecule has 0 radical (unpaired) electrons. The molecule has 0 aromatic rings. The lowest BCUT2D eigenvalue weighted by Gasteiger charge is -2.44. The third kappa shape index (κ3) is 0.423. The largest absolute Gasteiger partial charge is 0.393 e. The van der Waals surface area contributed by atoms with Crippen LogP contribution in [0.5, 0.6) is 0 Å². The molecule has 70 valence electrons. The Labute approximate surface area is 78.5 Å². The summed E-state index contributed by atoms with van der Waals surface area (Å²) in [5, 5.41) is 10.2.